The average molecular weight is 492 g/mol. The number of aromatic nitrogens is 2. The normalized spacial score (nSPS) is 17.8. The van der Waals surface area contributed by atoms with E-state index in [0.29, 0.717) is 29.8 Å². The summed E-state index contributed by atoms with van der Waals surface area (Å²) in [4.78, 5) is 26.6. The summed E-state index contributed by atoms with van der Waals surface area (Å²) >= 11 is 0. The van der Waals surface area contributed by atoms with E-state index in [0.717, 1.165) is 29.7 Å². The third-order valence-corrected chi connectivity index (χ3v) is 5.72. The molecule has 9 nitrogen and oxygen atoms in total. The van der Waals surface area contributed by atoms with Crippen molar-refractivity contribution < 1.29 is 32.5 Å². The highest BCUT2D eigenvalue weighted by molar-refractivity contribution is 5.92. The van der Waals surface area contributed by atoms with Crippen LogP contribution in [0, 0.1) is 0 Å². The maximum absolute atomic E-state index is 13.2. The van der Waals surface area contributed by atoms with Gasteiger partial charge in [0, 0.05) is 24.4 Å². The minimum atomic E-state index is -4.83. The molecule has 35 heavy (non-hydrogen) atoms. The summed E-state index contributed by atoms with van der Waals surface area (Å²) in [5.74, 6) is -0.713. The fourth-order valence-corrected chi connectivity index (χ4v) is 4.06. The van der Waals surface area contributed by atoms with Gasteiger partial charge >= 0.3 is 12.3 Å². The minimum absolute atomic E-state index is 0.199. The van der Waals surface area contributed by atoms with Gasteiger partial charge in [0.1, 0.15) is 5.75 Å². The summed E-state index contributed by atoms with van der Waals surface area (Å²) in [6.07, 6.45) is -0.351. The first-order chi connectivity index (χ1) is 16.6. The first-order valence-corrected chi connectivity index (χ1v) is 10.8. The van der Waals surface area contributed by atoms with E-state index in [4.69, 9.17) is 4.74 Å². The number of aliphatic hydroxyl groups is 1. The van der Waals surface area contributed by atoms with Gasteiger partial charge in [-0.1, -0.05) is 0 Å². The zero-order valence-corrected chi connectivity index (χ0v) is 18.9. The molecule has 1 unspecified atom stereocenters. The number of hydrogen-bond acceptors (Lipinski definition) is 8. The number of nitrogens with one attached hydrogen (secondary N) is 1. The van der Waals surface area contributed by atoms with Crippen molar-refractivity contribution in [2.45, 2.75) is 38.3 Å². The van der Waals surface area contributed by atoms with Crippen LogP contribution in [0.25, 0.3) is 5.69 Å². The Balaban J connectivity index is 1.75. The van der Waals surface area contributed by atoms with Gasteiger partial charge in [-0.05, 0) is 56.0 Å². The lowest BCUT2D eigenvalue weighted by Crippen LogP contribution is -2.37. The van der Waals surface area contributed by atoms with Gasteiger partial charge in [-0.3, -0.25) is 4.79 Å². The molecule has 2 heterocycles. The molecule has 2 aromatic rings. The maximum Gasteiger partial charge on any atom is 0.573 e. The fraction of sp³-hybridized carbons (Fsp3) is 0.348. The fourth-order valence-electron chi connectivity index (χ4n) is 4.06. The molecule has 1 aliphatic heterocycles. The van der Waals surface area contributed by atoms with Crippen molar-refractivity contribution in [2.24, 2.45) is 0 Å². The molecule has 1 atom stereocenters. The number of fused-ring (bicyclic) bond motifs is 1. The summed E-state index contributed by atoms with van der Waals surface area (Å²) < 4.78 is 47.2. The molecular formula is C23H23F3N4O5. The summed E-state index contributed by atoms with van der Waals surface area (Å²) in [5, 5.41) is 18.1. The lowest BCUT2D eigenvalue weighted by Gasteiger charge is -2.30. The second kappa shape index (κ2) is 9.45. The molecule has 0 spiro atoms. The highest BCUT2D eigenvalue weighted by atomic mass is 19.4. The molecule has 0 bridgehead atoms. The molecule has 4 rings (SSSR count). The van der Waals surface area contributed by atoms with Crippen LogP contribution in [-0.2, 0) is 22.4 Å². The van der Waals surface area contributed by atoms with Crippen molar-refractivity contribution >= 4 is 11.8 Å². The van der Waals surface area contributed by atoms with Gasteiger partial charge in [0.25, 0.3) is 5.56 Å². The number of alkyl halides is 3. The number of methoxy groups -OCH3 is 1. The van der Waals surface area contributed by atoms with Gasteiger partial charge in [0.15, 0.2) is 12.0 Å². The Labute approximate surface area is 198 Å². The number of anilines is 1. The molecule has 1 aromatic heterocycles. The molecule has 186 valence electrons. The molecule has 0 amide bonds. The quantitative estimate of drug-likeness (QED) is 0.614. The van der Waals surface area contributed by atoms with E-state index in [1.807, 2.05) is 0 Å². The molecule has 0 radical (unpaired) electrons. The van der Waals surface area contributed by atoms with Crippen LogP contribution in [0.15, 0.2) is 52.6 Å². The number of aliphatic hydroxyl groups excluding tert-OH is 1. The number of benzene rings is 1. The third-order valence-electron chi connectivity index (χ3n) is 5.72. The van der Waals surface area contributed by atoms with Crippen LogP contribution in [0.5, 0.6) is 5.75 Å². The van der Waals surface area contributed by atoms with Crippen LogP contribution >= 0.6 is 0 Å². The summed E-state index contributed by atoms with van der Waals surface area (Å²) in [6, 6.07) is 4.79. The van der Waals surface area contributed by atoms with Crippen molar-refractivity contribution in [3.05, 3.63) is 69.3 Å². The smallest absolute Gasteiger partial charge is 0.465 e. The third kappa shape index (κ3) is 5.16. The number of ether oxygens (including phenoxy) is 2. The average Bonchev–Trinajstić information content (AvgIpc) is 2.82. The summed E-state index contributed by atoms with van der Waals surface area (Å²) in [7, 11) is 2.82. The second-order valence-electron chi connectivity index (χ2n) is 8.11. The van der Waals surface area contributed by atoms with Crippen LogP contribution in [0.2, 0.25) is 0 Å². The predicted octanol–water partition coefficient (Wildman–Crippen LogP) is 2.63. The second-order valence-corrected chi connectivity index (χ2v) is 8.11. The Morgan fingerprint density at radius 3 is 2.46 bits per heavy atom. The van der Waals surface area contributed by atoms with E-state index in [1.165, 1.54) is 36.4 Å². The van der Waals surface area contributed by atoms with Crippen LogP contribution < -0.4 is 15.6 Å². The molecule has 2 aliphatic rings. The van der Waals surface area contributed by atoms with Gasteiger partial charge in [0.2, 0.25) is 0 Å². The summed E-state index contributed by atoms with van der Waals surface area (Å²) in [5.41, 5.74) is 1.54. The van der Waals surface area contributed by atoms with Crippen LogP contribution in [0.4, 0.5) is 19.0 Å². The van der Waals surface area contributed by atoms with E-state index in [-0.39, 0.29) is 22.5 Å². The first kappa shape index (κ1) is 24.3. The van der Waals surface area contributed by atoms with E-state index < -0.39 is 24.3 Å². The number of rotatable bonds is 5. The molecular weight excluding hydrogens is 469 g/mol. The van der Waals surface area contributed by atoms with Crippen molar-refractivity contribution in [3.63, 3.8) is 0 Å². The number of hydrogen-bond donors (Lipinski definition) is 2. The number of nitrogens with zero attached hydrogens (tertiary/aromatic N) is 3. The standard InChI is InChI=1S/C23H23F3N4O5/c1-29-12-13(22(33)34-2)11-18(21(29)32)27-19-16-5-3-4-6-17(16)20(31)30(28-19)14-7-9-15(10-8-14)35-23(24,25)26/h7-12,21,32H,3-6H2,1-2H3,(H,27,28). The van der Waals surface area contributed by atoms with E-state index in [9.17, 15) is 27.9 Å². The molecule has 1 aliphatic carbocycles. The largest absolute Gasteiger partial charge is 0.573 e. The highest BCUT2D eigenvalue weighted by Gasteiger charge is 2.31. The van der Waals surface area contributed by atoms with Gasteiger partial charge in [0.05, 0.1) is 24.1 Å². The Morgan fingerprint density at radius 1 is 1.17 bits per heavy atom. The number of likely N-dealkylation sites (N-methyl/N-ethyl adjacent to an activating group) is 1. The Bertz CT molecular complexity index is 1250. The zero-order chi connectivity index (χ0) is 25.3. The Kier molecular flexibility index (Phi) is 6.57. The van der Waals surface area contributed by atoms with Gasteiger partial charge in [-0.15, -0.1) is 18.3 Å². The predicted molar refractivity (Wildman–Crippen MR) is 119 cm³/mol. The number of halogens is 3. The zero-order valence-electron chi connectivity index (χ0n) is 18.9. The SMILES string of the molecule is COC(=O)C1=CN(C)C(O)C(Nc2nn(-c3ccc(OC(F)(F)F)cc3)c(=O)c3c2CCCC3)=C1. The van der Waals surface area contributed by atoms with Gasteiger partial charge in [-0.25, -0.2) is 4.79 Å². The van der Waals surface area contributed by atoms with Crippen molar-refractivity contribution in [1.29, 1.82) is 0 Å². The van der Waals surface area contributed by atoms with Gasteiger partial charge in [-0.2, -0.15) is 4.68 Å². The van der Waals surface area contributed by atoms with Crippen molar-refractivity contribution in [1.82, 2.24) is 14.7 Å². The molecule has 1 aromatic carbocycles. The molecule has 0 saturated carbocycles. The van der Waals surface area contributed by atoms with Crippen LogP contribution in [0.3, 0.4) is 0 Å². The topological polar surface area (TPSA) is 106 Å². The van der Waals surface area contributed by atoms with Crippen molar-refractivity contribution in [3.8, 4) is 11.4 Å². The molecule has 12 heteroatoms. The number of carbonyl (C=O) groups excluding carboxylic acids is 1. The first-order valence-electron chi connectivity index (χ1n) is 10.8. The number of carbonyl (C=O) groups is 1. The van der Waals surface area contributed by atoms with Crippen LogP contribution in [-0.4, -0.2) is 52.5 Å². The minimum Gasteiger partial charge on any atom is -0.465 e. The van der Waals surface area contributed by atoms with E-state index in [2.05, 4.69) is 15.2 Å². The highest BCUT2D eigenvalue weighted by Crippen LogP contribution is 2.29. The number of esters is 1. The Hall–Kier alpha value is -3.80. The van der Waals surface area contributed by atoms with E-state index in [1.54, 1.807) is 7.05 Å². The monoisotopic (exact) mass is 492 g/mol. The maximum atomic E-state index is 13.2. The lowest BCUT2D eigenvalue weighted by molar-refractivity contribution is -0.274. The molecule has 0 fully saturated rings. The molecule has 2 N–H and O–H groups in total. The van der Waals surface area contributed by atoms with E-state index >= 15 is 0 Å². The van der Waals surface area contributed by atoms with Gasteiger partial charge < -0.3 is 24.8 Å². The van der Waals surface area contributed by atoms with Crippen molar-refractivity contribution in [2.75, 3.05) is 19.5 Å². The van der Waals surface area contributed by atoms with Crippen LogP contribution in [0.1, 0.15) is 24.0 Å². The lowest BCUT2D eigenvalue weighted by atomic mass is 9.93. The Morgan fingerprint density at radius 2 is 1.83 bits per heavy atom. The molecule has 0 saturated heterocycles. The summed E-state index contributed by atoms with van der Waals surface area (Å²) in [6.45, 7) is 0.